The van der Waals surface area contributed by atoms with Gasteiger partial charge in [0.15, 0.2) is 6.10 Å². The Bertz CT molecular complexity index is 2500. The molecule has 0 aromatic carbocycles. The fourth-order valence-corrected chi connectivity index (χ4v) is 11.8. The number of carbonyl (C=O) groups excluding carboxylic acids is 3. The Labute approximate surface area is 625 Å². The van der Waals surface area contributed by atoms with E-state index in [4.69, 9.17) is 32.3 Å². The number of hydrogen-bond acceptors (Lipinski definition) is 14. The van der Waals surface area contributed by atoms with Crippen molar-refractivity contribution in [2.45, 2.75) is 322 Å². The maximum absolute atomic E-state index is 12.9. The van der Waals surface area contributed by atoms with Crippen LogP contribution in [-0.2, 0) is 55.8 Å². The highest BCUT2D eigenvalue weighted by Gasteiger charge is 2.29. The molecule has 16 nitrogen and oxygen atoms in total. The van der Waals surface area contributed by atoms with Gasteiger partial charge in [0.05, 0.1) is 26.4 Å². The molecule has 0 saturated heterocycles. The first-order valence-corrected chi connectivity index (χ1v) is 42.8. The number of carbonyl (C=O) groups is 3. The topological polar surface area (TPSA) is 231 Å². The molecule has 0 saturated carbocycles. The molecule has 0 aliphatic heterocycles. The average Bonchev–Trinajstić information content (AvgIpc) is 0.946. The summed E-state index contributed by atoms with van der Waals surface area (Å²) in [6.45, 7) is 2.27. The zero-order valence-corrected chi connectivity index (χ0v) is 66.0. The lowest BCUT2D eigenvalue weighted by atomic mass is 10.0. The summed E-state index contributed by atoms with van der Waals surface area (Å²) >= 11 is 0. The van der Waals surface area contributed by atoms with Crippen LogP contribution in [0.1, 0.15) is 303 Å². The van der Waals surface area contributed by atoms with Crippen LogP contribution in [0.5, 0.6) is 0 Å². The summed E-state index contributed by atoms with van der Waals surface area (Å²) in [7, 11) is -9.81. The van der Waals surface area contributed by atoms with Crippen molar-refractivity contribution in [3.8, 4) is 0 Å². The Morgan fingerprint density at radius 3 is 0.874 bits per heavy atom. The highest BCUT2D eigenvalue weighted by Crippen LogP contribution is 2.45. The molecule has 0 radical (unpaired) electrons. The Balaban J connectivity index is 4.41. The highest BCUT2D eigenvalue weighted by atomic mass is 31.2. The van der Waals surface area contributed by atoms with Gasteiger partial charge in [0.25, 0.3) is 0 Å². The second kappa shape index (κ2) is 76.8. The first-order chi connectivity index (χ1) is 50.2. The van der Waals surface area contributed by atoms with Crippen LogP contribution in [0, 0.1) is 0 Å². The second-order valence-electron chi connectivity index (χ2n) is 26.1. The summed E-state index contributed by atoms with van der Waals surface area (Å²) in [5, 5.41) is 20.6. The SMILES string of the molecule is CC/C=C\C/C=C\C/C=C\C/C=C\C/C=C\C/C=C\CCC(=O)OCC(COP(=O)(O)OCC(O)COP(=O)(O)OCC(O)COC(=O)CCCCCCCCCCCCCCCCCCCCC/C=C\C/C=C\C/C=C\C/C=C\C/C=C\CC)OC(=O)CCCCCCC/C=C\C/C=C\CCC. The number of unbranched alkanes of at least 4 members (excludes halogenated alkanes) is 25. The quantitative estimate of drug-likeness (QED) is 0.0146. The normalized spacial score (nSPS) is 14.8. The minimum Gasteiger partial charge on any atom is -0.463 e. The molecule has 4 N–H and O–H groups in total. The van der Waals surface area contributed by atoms with Crippen LogP contribution in [-0.4, -0.2) is 95.9 Å². The van der Waals surface area contributed by atoms with Gasteiger partial charge in [-0.3, -0.25) is 32.5 Å². The zero-order valence-electron chi connectivity index (χ0n) is 64.2. The van der Waals surface area contributed by atoms with Crippen LogP contribution in [0.2, 0.25) is 0 Å². The summed E-state index contributed by atoms with van der Waals surface area (Å²) < 4.78 is 60.9. The van der Waals surface area contributed by atoms with Crippen molar-refractivity contribution >= 4 is 33.6 Å². The number of hydrogen-bond donors (Lipinski definition) is 4. The van der Waals surface area contributed by atoms with E-state index in [9.17, 15) is 43.5 Å². The molecule has 0 heterocycles. The molecule has 0 aliphatic rings. The third-order valence-corrected chi connectivity index (χ3v) is 18.1. The van der Waals surface area contributed by atoms with Gasteiger partial charge in [0.2, 0.25) is 0 Å². The van der Waals surface area contributed by atoms with Crippen molar-refractivity contribution in [1.29, 1.82) is 0 Å². The summed E-state index contributed by atoms with van der Waals surface area (Å²) in [4.78, 5) is 58.5. The molecular weight excluding hydrogens is 1340 g/mol. The number of allylic oxidation sites excluding steroid dienone is 26. The molecule has 0 fully saturated rings. The fraction of sp³-hybridized carbons (Fsp3) is 0.659. The van der Waals surface area contributed by atoms with Gasteiger partial charge in [0.1, 0.15) is 25.4 Å². The molecule has 0 bridgehead atoms. The van der Waals surface area contributed by atoms with Gasteiger partial charge in [-0.15, -0.1) is 0 Å². The van der Waals surface area contributed by atoms with Gasteiger partial charge in [-0.2, -0.15) is 0 Å². The lowest BCUT2D eigenvalue weighted by Gasteiger charge is -2.21. The molecule has 0 aliphatic carbocycles. The van der Waals surface area contributed by atoms with Crippen molar-refractivity contribution in [1.82, 2.24) is 0 Å². The number of aliphatic hydroxyl groups excluding tert-OH is 2. The molecular formula is C85H142O16P2. The van der Waals surface area contributed by atoms with E-state index in [1.165, 1.54) is 103 Å². The number of aliphatic hydroxyl groups is 2. The predicted octanol–water partition coefficient (Wildman–Crippen LogP) is 23.4. The van der Waals surface area contributed by atoms with Crippen LogP contribution < -0.4 is 0 Å². The monoisotopic (exact) mass is 1480 g/mol. The smallest absolute Gasteiger partial charge is 0.463 e. The molecule has 0 rings (SSSR count). The van der Waals surface area contributed by atoms with Crippen LogP contribution in [0.25, 0.3) is 0 Å². The number of esters is 3. The average molecular weight is 1480 g/mol. The molecule has 5 unspecified atom stereocenters. The van der Waals surface area contributed by atoms with E-state index >= 15 is 0 Å². The molecule has 5 atom stereocenters. The Kier molecular flexibility index (Phi) is 73.2. The van der Waals surface area contributed by atoms with Crippen molar-refractivity contribution in [3.63, 3.8) is 0 Å². The summed E-state index contributed by atoms with van der Waals surface area (Å²) in [6, 6.07) is 0. The molecule has 0 aromatic heterocycles. The van der Waals surface area contributed by atoms with Crippen LogP contribution in [0.3, 0.4) is 0 Å². The molecule has 588 valence electrons. The van der Waals surface area contributed by atoms with Crippen molar-refractivity contribution < 1.29 is 75.8 Å². The van der Waals surface area contributed by atoms with E-state index in [0.717, 1.165) is 135 Å². The molecule has 0 aromatic rings. The first-order valence-electron chi connectivity index (χ1n) is 39.8. The van der Waals surface area contributed by atoms with Gasteiger partial charge < -0.3 is 34.2 Å². The van der Waals surface area contributed by atoms with Crippen molar-refractivity contribution in [3.05, 3.63) is 158 Å². The van der Waals surface area contributed by atoms with E-state index in [2.05, 4.69) is 161 Å². The van der Waals surface area contributed by atoms with Gasteiger partial charge in [0, 0.05) is 19.3 Å². The van der Waals surface area contributed by atoms with E-state index in [1.54, 1.807) is 0 Å². The van der Waals surface area contributed by atoms with Gasteiger partial charge in [-0.1, -0.05) is 314 Å². The van der Waals surface area contributed by atoms with Gasteiger partial charge in [-0.25, -0.2) is 9.13 Å². The molecule has 0 spiro atoms. The third kappa shape index (κ3) is 78.1. The fourth-order valence-electron chi connectivity index (χ4n) is 10.3. The standard InChI is InChI=1S/C85H142O16P2/c1-4-7-10-13-16-19-22-25-27-29-31-32-33-34-35-36-37-38-39-40-41-42-43-44-45-46-48-50-51-54-56-59-62-65-68-71-83(88)95-74-80(86)75-97-102(91,92)98-76-81(87)77-99-103(93,94)100-79-82(101-85(90)73-70-67-64-61-58-53-24-21-18-15-12-9-6-3)78-96-84(89)72-69-66-63-60-57-55-52-49-47-30-28-26-23-20-17-14-11-8-5-2/h7-8,10-12,15-17,19-21,24-28,31-32,34-35,47,49,55,57,63,66,80-82,86-87H,4-6,9,13-14,18,22-23,29-30,33,36-46,48,50-54,56,58-62,64-65,67-79H2,1-3H3,(H,91,92)(H,93,94)/b10-7-,11-8-,15-12-,19-16-,20-17-,24-21-,27-25-,28-26-,32-31-,35-34-,49-47-,57-55-,66-63-. The van der Waals surface area contributed by atoms with Crippen LogP contribution >= 0.6 is 15.6 Å². The minimum absolute atomic E-state index is 0.0382. The Morgan fingerprint density at radius 1 is 0.282 bits per heavy atom. The molecule has 18 heteroatoms. The van der Waals surface area contributed by atoms with Crippen molar-refractivity contribution in [2.24, 2.45) is 0 Å². The molecule has 103 heavy (non-hydrogen) atoms. The summed E-state index contributed by atoms with van der Waals surface area (Å²) in [6.07, 6.45) is 96.3. The minimum atomic E-state index is -4.95. The second-order valence-corrected chi connectivity index (χ2v) is 29.0. The zero-order chi connectivity index (χ0) is 75.2. The predicted molar refractivity (Wildman–Crippen MR) is 426 cm³/mol. The van der Waals surface area contributed by atoms with E-state index in [1.807, 2.05) is 18.2 Å². The van der Waals surface area contributed by atoms with Crippen LogP contribution in [0.4, 0.5) is 0 Å². The van der Waals surface area contributed by atoms with Gasteiger partial charge >= 0.3 is 33.6 Å². The highest BCUT2D eigenvalue weighted by molar-refractivity contribution is 7.47. The maximum Gasteiger partial charge on any atom is 0.472 e. The Morgan fingerprint density at radius 2 is 0.534 bits per heavy atom. The lowest BCUT2D eigenvalue weighted by molar-refractivity contribution is -0.161. The van der Waals surface area contributed by atoms with E-state index in [0.29, 0.717) is 25.7 Å². The lowest BCUT2D eigenvalue weighted by Crippen LogP contribution is -2.30. The van der Waals surface area contributed by atoms with Crippen LogP contribution in [0.15, 0.2) is 158 Å². The summed E-state index contributed by atoms with van der Waals surface area (Å²) in [5.41, 5.74) is 0. The largest absolute Gasteiger partial charge is 0.472 e. The van der Waals surface area contributed by atoms with E-state index < -0.39 is 91.5 Å². The summed E-state index contributed by atoms with van der Waals surface area (Å²) in [5.74, 6) is -1.69. The van der Waals surface area contributed by atoms with E-state index in [-0.39, 0.29) is 19.3 Å². The van der Waals surface area contributed by atoms with Gasteiger partial charge in [-0.05, 0) is 128 Å². The third-order valence-electron chi connectivity index (χ3n) is 16.2. The Hall–Kier alpha value is -4.83. The van der Waals surface area contributed by atoms with Crippen molar-refractivity contribution in [2.75, 3.05) is 39.6 Å². The molecule has 0 amide bonds. The number of phosphoric acid groups is 2. The first kappa shape index (κ1) is 98.2. The number of rotatable bonds is 74. The maximum atomic E-state index is 12.9. The number of phosphoric ester groups is 2. The number of ether oxygens (including phenoxy) is 3.